The van der Waals surface area contributed by atoms with Crippen molar-refractivity contribution in [3.8, 4) is 0 Å². The Bertz CT molecular complexity index is 1010. The van der Waals surface area contributed by atoms with E-state index in [0.717, 1.165) is 4.90 Å². The summed E-state index contributed by atoms with van der Waals surface area (Å²) in [6, 6.07) is 25.0. The number of ketones is 1. The molecule has 0 atom stereocenters. The number of amides is 1. The maximum absolute atomic E-state index is 12.7. The molecule has 152 valence electrons. The second-order valence-electron chi connectivity index (χ2n) is 6.33. The molecular formula is C24H21NO4S. The molecule has 3 aromatic carbocycles. The third kappa shape index (κ3) is 6.06. The van der Waals surface area contributed by atoms with E-state index in [2.05, 4.69) is 5.32 Å². The second kappa shape index (κ2) is 11.0. The van der Waals surface area contributed by atoms with Crippen LogP contribution in [0.5, 0.6) is 0 Å². The molecule has 0 aromatic heterocycles. The van der Waals surface area contributed by atoms with Gasteiger partial charge in [-0.05, 0) is 18.2 Å². The van der Waals surface area contributed by atoms with Crippen molar-refractivity contribution in [1.29, 1.82) is 0 Å². The van der Waals surface area contributed by atoms with Crippen molar-refractivity contribution in [3.05, 3.63) is 102 Å². The number of hydrogen-bond donors (Lipinski definition) is 1. The minimum absolute atomic E-state index is 0.138. The van der Waals surface area contributed by atoms with E-state index in [1.807, 2.05) is 36.4 Å². The first kappa shape index (κ1) is 21.3. The zero-order chi connectivity index (χ0) is 21.2. The van der Waals surface area contributed by atoms with Crippen LogP contribution < -0.4 is 5.32 Å². The molecule has 3 aromatic rings. The molecule has 5 nitrogen and oxygen atoms in total. The van der Waals surface area contributed by atoms with Crippen LogP contribution in [0.2, 0.25) is 0 Å². The number of benzene rings is 3. The molecule has 0 aliphatic heterocycles. The summed E-state index contributed by atoms with van der Waals surface area (Å²) in [4.78, 5) is 38.3. The molecule has 0 spiro atoms. The highest BCUT2D eigenvalue weighted by Gasteiger charge is 2.19. The lowest BCUT2D eigenvalue weighted by molar-refractivity contribution is -0.124. The molecule has 0 aliphatic carbocycles. The number of carbonyl (C=O) groups excluding carboxylic acids is 3. The smallest absolute Gasteiger partial charge is 0.339 e. The minimum atomic E-state index is -0.705. The first-order valence-corrected chi connectivity index (χ1v) is 10.4. The van der Waals surface area contributed by atoms with Crippen LogP contribution in [0.1, 0.15) is 26.3 Å². The molecule has 30 heavy (non-hydrogen) atoms. The Morgan fingerprint density at radius 1 is 0.767 bits per heavy atom. The molecule has 0 saturated heterocycles. The Labute approximate surface area is 179 Å². The van der Waals surface area contributed by atoms with Gasteiger partial charge in [0, 0.05) is 28.3 Å². The Morgan fingerprint density at radius 2 is 1.37 bits per heavy atom. The summed E-state index contributed by atoms with van der Waals surface area (Å²) in [5.41, 5.74) is 0.860. The zero-order valence-corrected chi connectivity index (χ0v) is 17.1. The van der Waals surface area contributed by atoms with E-state index >= 15 is 0 Å². The molecular weight excluding hydrogens is 398 g/mol. The maximum Gasteiger partial charge on any atom is 0.339 e. The van der Waals surface area contributed by atoms with Crippen LogP contribution in [0.3, 0.4) is 0 Å². The van der Waals surface area contributed by atoms with E-state index in [9.17, 15) is 14.4 Å². The molecule has 0 radical (unpaired) electrons. The van der Waals surface area contributed by atoms with Crippen molar-refractivity contribution in [2.75, 3.05) is 18.9 Å². The molecule has 0 heterocycles. The van der Waals surface area contributed by atoms with Crippen LogP contribution in [0.15, 0.2) is 89.8 Å². The monoisotopic (exact) mass is 419 g/mol. The van der Waals surface area contributed by atoms with E-state index in [4.69, 9.17) is 4.74 Å². The second-order valence-corrected chi connectivity index (χ2v) is 7.50. The van der Waals surface area contributed by atoms with Crippen molar-refractivity contribution in [1.82, 2.24) is 5.32 Å². The predicted octanol–water partition coefficient (Wildman–Crippen LogP) is 3.98. The van der Waals surface area contributed by atoms with Gasteiger partial charge in [0.15, 0.2) is 12.4 Å². The Morgan fingerprint density at radius 3 is 2.07 bits per heavy atom. The van der Waals surface area contributed by atoms with Gasteiger partial charge in [-0.25, -0.2) is 4.79 Å². The quantitative estimate of drug-likeness (QED) is 0.246. The highest BCUT2D eigenvalue weighted by atomic mass is 32.2. The van der Waals surface area contributed by atoms with Crippen LogP contribution in [0, 0.1) is 0 Å². The van der Waals surface area contributed by atoms with Gasteiger partial charge >= 0.3 is 5.97 Å². The van der Waals surface area contributed by atoms with E-state index in [1.165, 1.54) is 6.07 Å². The van der Waals surface area contributed by atoms with Gasteiger partial charge in [-0.3, -0.25) is 9.59 Å². The summed E-state index contributed by atoms with van der Waals surface area (Å²) in [7, 11) is 0. The molecule has 1 amide bonds. The van der Waals surface area contributed by atoms with Gasteiger partial charge in [-0.15, -0.1) is 11.8 Å². The third-order valence-corrected chi connectivity index (χ3v) is 5.21. The molecule has 0 bridgehead atoms. The van der Waals surface area contributed by atoms with E-state index in [0.29, 0.717) is 17.9 Å². The Kier molecular flexibility index (Phi) is 7.80. The maximum atomic E-state index is 12.7. The Balaban J connectivity index is 1.50. The molecule has 0 fully saturated rings. The molecule has 3 rings (SSSR count). The number of rotatable bonds is 9. The topological polar surface area (TPSA) is 72.5 Å². The largest absolute Gasteiger partial charge is 0.452 e. The lowest BCUT2D eigenvalue weighted by Gasteiger charge is -2.09. The van der Waals surface area contributed by atoms with Crippen LogP contribution in [-0.2, 0) is 9.53 Å². The normalized spacial score (nSPS) is 10.3. The average molecular weight is 420 g/mol. The van der Waals surface area contributed by atoms with Crippen molar-refractivity contribution in [2.24, 2.45) is 0 Å². The van der Waals surface area contributed by atoms with Crippen LogP contribution in [-0.4, -0.2) is 36.6 Å². The molecule has 0 aliphatic rings. The average Bonchev–Trinajstić information content (AvgIpc) is 2.81. The third-order valence-electron chi connectivity index (χ3n) is 4.20. The fraction of sp³-hybridized carbons (Fsp3) is 0.125. The first-order chi connectivity index (χ1) is 14.6. The number of ether oxygens (including phenoxy) is 1. The highest BCUT2D eigenvalue weighted by Crippen LogP contribution is 2.17. The fourth-order valence-corrected chi connectivity index (χ4v) is 3.53. The van der Waals surface area contributed by atoms with E-state index in [1.54, 1.807) is 54.2 Å². The summed E-state index contributed by atoms with van der Waals surface area (Å²) in [5.74, 6) is -0.656. The first-order valence-electron chi connectivity index (χ1n) is 9.45. The number of nitrogens with one attached hydrogen (secondary N) is 1. The summed E-state index contributed by atoms with van der Waals surface area (Å²) in [6.07, 6.45) is 0. The van der Waals surface area contributed by atoms with Gasteiger partial charge < -0.3 is 10.1 Å². The van der Waals surface area contributed by atoms with Gasteiger partial charge in [0.05, 0.1) is 5.56 Å². The predicted molar refractivity (Wildman–Crippen MR) is 117 cm³/mol. The minimum Gasteiger partial charge on any atom is -0.452 e. The van der Waals surface area contributed by atoms with Gasteiger partial charge in [0.2, 0.25) is 0 Å². The van der Waals surface area contributed by atoms with Gasteiger partial charge in [0.25, 0.3) is 5.91 Å². The summed E-state index contributed by atoms with van der Waals surface area (Å²) in [6.45, 7) is 0.0573. The lowest BCUT2D eigenvalue weighted by Crippen LogP contribution is -2.30. The molecule has 0 unspecified atom stereocenters. The highest BCUT2D eigenvalue weighted by molar-refractivity contribution is 7.99. The van der Waals surface area contributed by atoms with Crippen LogP contribution in [0.25, 0.3) is 0 Å². The molecule has 6 heteroatoms. The molecule has 1 N–H and O–H groups in total. The lowest BCUT2D eigenvalue weighted by atomic mass is 9.98. The zero-order valence-electron chi connectivity index (χ0n) is 16.2. The summed E-state index contributed by atoms with van der Waals surface area (Å²) < 4.78 is 5.12. The number of hydrogen-bond acceptors (Lipinski definition) is 5. The van der Waals surface area contributed by atoms with Crippen molar-refractivity contribution in [3.63, 3.8) is 0 Å². The van der Waals surface area contributed by atoms with Crippen molar-refractivity contribution in [2.45, 2.75) is 4.90 Å². The van der Waals surface area contributed by atoms with Crippen molar-refractivity contribution >= 4 is 29.4 Å². The summed E-state index contributed by atoms with van der Waals surface area (Å²) >= 11 is 1.63. The number of esters is 1. The molecule has 0 saturated carbocycles. The van der Waals surface area contributed by atoms with Gasteiger partial charge in [-0.2, -0.15) is 0 Å². The van der Waals surface area contributed by atoms with Crippen LogP contribution in [0.4, 0.5) is 0 Å². The van der Waals surface area contributed by atoms with Crippen LogP contribution >= 0.6 is 11.8 Å². The number of carbonyl (C=O) groups is 3. The van der Waals surface area contributed by atoms with E-state index in [-0.39, 0.29) is 22.8 Å². The van der Waals surface area contributed by atoms with Crippen molar-refractivity contribution < 1.29 is 19.1 Å². The number of thioether (sulfide) groups is 1. The Hall–Kier alpha value is -3.38. The van der Waals surface area contributed by atoms with Gasteiger partial charge in [0.1, 0.15) is 0 Å². The summed E-state index contributed by atoms with van der Waals surface area (Å²) in [5, 5.41) is 2.72. The van der Waals surface area contributed by atoms with Gasteiger partial charge in [-0.1, -0.05) is 66.7 Å². The van der Waals surface area contributed by atoms with E-state index < -0.39 is 12.6 Å². The fourth-order valence-electron chi connectivity index (χ4n) is 2.74. The SMILES string of the molecule is O=C(COC(=O)c1ccccc1C(=O)c1ccccc1)NCCSc1ccccc1. The standard InChI is InChI=1S/C24H21NO4S/c26-22(25-15-16-30-19-11-5-2-6-12-19)17-29-24(28)21-14-8-7-13-20(21)23(27)18-9-3-1-4-10-18/h1-14H,15-17H2,(H,25,26).